The molecule has 2 aromatic carbocycles. The van der Waals surface area contributed by atoms with Crippen LogP contribution in [0.4, 0.5) is 5.69 Å². The van der Waals surface area contributed by atoms with Crippen molar-refractivity contribution in [2.75, 3.05) is 4.90 Å². The van der Waals surface area contributed by atoms with E-state index in [4.69, 9.17) is 0 Å². The summed E-state index contributed by atoms with van der Waals surface area (Å²) in [6, 6.07) is 15.4. The van der Waals surface area contributed by atoms with Crippen molar-refractivity contribution >= 4 is 39.1 Å². The maximum atomic E-state index is 13.1. The highest BCUT2D eigenvalue weighted by atomic mass is 79.9. The van der Waals surface area contributed by atoms with Crippen molar-refractivity contribution in [3.05, 3.63) is 99.3 Å². The second-order valence-electron chi connectivity index (χ2n) is 7.25. The van der Waals surface area contributed by atoms with E-state index in [1.165, 1.54) is 4.90 Å². The molecule has 1 saturated heterocycles. The first-order valence-electron chi connectivity index (χ1n) is 9.42. The molecule has 1 fully saturated rings. The average Bonchev–Trinajstić information content (AvgIpc) is 3.02. The van der Waals surface area contributed by atoms with Gasteiger partial charge in [-0.25, -0.2) is 0 Å². The molecular formula is C24H19BrN2O3. The Kier molecular flexibility index (Phi) is 5.26. The van der Waals surface area contributed by atoms with Crippen LogP contribution in [0.3, 0.4) is 0 Å². The van der Waals surface area contributed by atoms with Crippen LogP contribution < -0.4 is 4.90 Å². The fraction of sp³-hybridized carbons (Fsp3) is 0.125. The van der Waals surface area contributed by atoms with Crippen LogP contribution in [0.2, 0.25) is 0 Å². The molecule has 1 N–H and O–H groups in total. The second kappa shape index (κ2) is 7.88. The molecule has 1 atom stereocenters. The van der Waals surface area contributed by atoms with Crippen molar-refractivity contribution in [2.45, 2.75) is 19.9 Å². The highest BCUT2D eigenvalue weighted by Crippen LogP contribution is 2.42. The number of pyridine rings is 1. The van der Waals surface area contributed by atoms with E-state index < -0.39 is 17.7 Å². The van der Waals surface area contributed by atoms with Gasteiger partial charge in [0.1, 0.15) is 5.76 Å². The maximum Gasteiger partial charge on any atom is 0.300 e. The Labute approximate surface area is 182 Å². The number of amides is 1. The molecule has 0 radical (unpaired) electrons. The minimum atomic E-state index is -0.773. The normalized spacial score (nSPS) is 18.1. The van der Waals surface area contributed by atoms with Crippen molar-refractivity contribution in [3.8, 4) is 0 Å². The number of Topliss-reactive ketones (excluding diaryl/α,β-unsaturated/α-hetero) is 1. The van der Waals surface area contributed by atoms with Gasteiger partial charge in [0.15, 0.2) is 0 Å². The van der Waals surface area contributed by atoms with Gasteiger partial charge >= 0.3 is 0 Å². The topological polar surface area (TPSA) is 70.5 Å². The molecule has 0 saturated carbocycles. The molecule has 1 aliphatic rings. The number of carbonyl (C=O) groups excluding carboxylic acids is 2. The zero-order chi connectivity index (χ0) is 21.4. The molecule has 3 aromatic rings. The van der Waals surface area contributed by atoms with Gasteiger partial charge in [-0.2, -0.15) is 0 Å². The van der Waals surface area contributed by atoms with Crippen molar-refractivity contribution in [1.29, 1.82) is 0 Å². The minimum Gasteiger partial charge on any atom is -0.507 e. The van der Waals surface area contributed by atoms with E-state index in [0.717, 1.165) is 15.6 Å². The standard InChI is InChI=1S/C24H19BrN2O3/c1-14-5-8-18(9-6-14)27-21(17-4-3-11-26-13-17)20(23(29)24(27)30)22(28)16-7-10-19(25)15(2)12-16/h3-13,21,28H,1-2H3/b22-20-. The third kappa shape index (κ3) is 3.44. The number of rotatable bonds is 3. The predicted octanol–water partition coefficient (Wildman–Crippen LogP) is 5.09. The highest BCUT2D eigenvalue weighted by Gasteiger charge is 2.47. The molecule has 0 bridgehead atoms. The number of anilines is 1. The molecule has 1 unspecified atom stereocenters. The average molecular weight is 463 g/mol. The van der Waals surface area contributed by atoms with Crippen molar-refractivity contribution in [1.82, 2.24) is 4.98 Å². The Bertz CT molecular complexity index is 1170. The summed E-state index contributed by atoms with van der Waals surface area (Å²) < 4.78 is 0.892. The monoisotopic (exact) mass is 462 g/mol. The Morgan fingerprint density at radius 1 is 1.07 bits per heavy atom. The largest absolute Gasteiger partial charge is 0.507 e. The second-order valence-corrected chi connectivity index (χ2v) is 8.11. The molecule has 1 amide bonds. The SMILES string of the molecule is Cc1ccc(N2C(=O)C(=O)/C(=C(\O)c3ccc(Br)c(C)c3)C2c2cccnc2)cc1. The number of aliphatic hydroxyl groups excluding tert-OH is 1. The van der Waals surface area contributed by atoms with Gasteiger partial charge in [-0.3, -0.25) is 19.5 Å². The Hall–Kier alpha value is -3.25. The van der Waals surface area contributed by atoms with Gasteiger partial charge in [0, 0.05) is 28.1 Å². The van der Waals surface area contributed by atoms with Gasteiger partial charge in [0.2, 0.25) is 0 Å². The molecule has 30 heavy (non-hydrogen) atoms. The lowest BCUT2D eigenvalue weighted by Crippen LogP contribution is -2.29. The molecule has 4 rings (SSSR count). The van der Waals surface area contributed by atoms with Crippen LogP contribution in [0.15, 0.2) is 77.0 Å². The van der Waals surface area contributed by atoms with Crippen LogP contribution in [0, 0.1) is 13.8 Å². The summed E-state index contributed by atoms with van der Waals surface area (Å²) in [6.07, 6.45) is 3.23. The Morgan fingerprint density at radius 3 is 2.43 bits per heavy atom. The summed E-state index contributed by atoms with van der Waals surface area (Å²) in [5, 5.41) is 11.1. The number of aromatic nitrogens is 1. The van der Waals surface area contributed by atoms with E-state index in [1.54, 1.807) is 54.9 Å². The van der Waals surface area contributed by atoms with E-state index in [0.29, 0.717) is 16.8 Å². The third-order valence-electron chi connectivity index (χ3n) is 5.19. The van der Waals surface area contributed by atoms with Crippen LogP contribution in [0.25, 0.3) is 5.76 Å². The number of aliphatic hydroxyl groups is 1. The molecular weight excluding hydrogens is 444 g/mol. The van der Waals surface area contributed by atoms with E-state index in [9.17, 15) is 14.7 Å². The van der Waals surface area contributed by atoms with E-state index in [1.807, 2.05) is 26.0 Å². The molecule has 6 heteroatoms. The molecule has 0 aliphatic carbocycles. The van der Waals surface area contributed by atoms with Crippen LogP contribution in [0.5, 0.6) is 0 Å². The van der Waals surface area contributed by atoms with Gasteiger partial charge in [-0.05, 0) is 55.3 Å². The van der Waals surface area contributed by atoms with Gasteiger partial charge in [0.25, 0.3) is 11.7 Å². The first-order chi connectivity index (χ1) is 14.4. The molecule has 5 nitrogen and oxygen atoms in total. The molecule has 2 heterocycles. The number of nitrogens with zero attached hydrogens (tertiary/aromatic N) is 2. The zero-order valence-corrected chi connectivity index (χ0v) is 18.1. The van der Waals surface area contributed by atoms with Crippen molar-refractivity contribution < 1.29 is 14.7 Å². The van der Waals surface area contributed by atoms with Crippen LogP contribution in [-0.4, -0.2) is 21.8 Å². The summed E-state index contributed by atoms with van der Waals surface area (Å²) in [5.41, 5.74) is 3.71. The quantitative estimate of drug-likeness (QED) is 0.334. The van der Waals surface area contributed by atoms with Gasteiger partial charge in [-0.15, -0.1) is 0 Å². The Balaban J connectivity index is 1.94. The number of hydrogen-bond acceptors (Lipinski definition) is 4. The first kappa shape index (κ1) is 20.0. The number of carbonyl (C=O) groups is 2. The fourth-order valence-corrected chi connectivity index (χ4v) is 3.85. The third-order valence-corrected chi connectivity index (χ3v) is 6.08. The maximum absolute atomic E-state index is 13.1. The number of halogens is 1. The van der Waals surface area contributed by atoms with E-state index in [2.05, 4.69) is 20.9 Å². The van der Waals surface area contributed by atoms with E-state index >= 15 is 0 Å². The number of benzene rings is 2. The minimum absolute atomic E-state index is 0.0512. The molecule has 0 spiro atoms. The lowest BCUT2D eigenvalue weighted by atomic mass is 9.95. The highest BCUT2D eigenvalue weighted by molar-refractivity contribution is 9.10. The number of aryl methyl sites for hydroxylation is 2. The Morgan fingerprint density at radius 2 is 1.80 bits per heavy atom. The van der Waals surface area contributed by atoms with Crippen molar-refractivity contribution in [2.24, 2.45) is 0 Å². The first-order valence-corrected chi connectivity index (χ1v) is 10.2. The number of ketones is 1. The van der Waals surface area contributed by atoms with Gasteiger partial charge < -0.3 is 5.11 Å². The van der Waals surface area contributed by atoms with Crippen LogP contribution in [-0.2, 0) is 9.59 Å². The summed E-state index contributed by atoms with van der Waals surface area (Å²) in [5.74, 6) is -1.60. The summed E-state index contributed by atoms with van der Waals surface area (Å²) in [7, 11) is 0. The molecule has 150 valence electrons. The fourth-order valence-electron chi connectivity index (χ4n) is 3.60. The lowest BCUT2D eigenvalue weighted by molar-refractivity contribution is -0.132. The summed E-state index contributed by atoms with van der Waals surface area (Å²) in [4.78, 5) is 31.7. The summed E-state index contributed by atoms with van der Waals surface area (Å²) >= 11 is 3.44. The van der Waals surface area contributed by atoms with Crippen LogP contribution in [0.1, 0.15) is 28.3 Å². The van der Waals surface area contributed by atoms with Crippen LogP contribution >= 0.6 is 15.9 Å². The smallest absolute Gasteiger partial charge is 0.300 e. The predicted molar refractivity (Wildman–Crippen MR) is 119 cm³/mol. The lowest BCUT2D eigenvalue weighted by Gasteiger charge is -2.25. The van der Waals surface area contributed by atoms with E-state index in [-0.39, 0.29) is 11.3 Å². The van der Waals surface area contributed by atoms with Gasteiger partial charge in [0.05, 0.1) is 11.6 Å². The molecule has 1 aromatic heterocycles. The van der Waals surface area contributed by atoms with Gasteiger partial charge in [-0.1, -0.05) is 45.8 Å². The van der Waals surface area contributed by atoms with Crippen molar-refractivity contribution in [3.63, 3.8) is 0 Å². The zero-order valence-electron chi connectivity index (χ0n) is 16.5. The number of hydrogen-bond donors (Lipinski definition) is 1. The molecule has 1 aliphatic heterocycles. The summed E-state index contributed by atoms with van der Waals surface area (Å²) in [6.45, 7) is 3.84.